The predicted octanol–water partition coefficient (Wildman–Crippen LogP) is 3.00. The van der Waals surface area contributed by atoms with Gasteiger partial charge in [0.2, 0.25) is 10.0 Å². The number of rotatable bonds is 5. The molecule has 0 atom stereocenters. The summed E-state index contributed by atoms with van der Waals surface area (Å²) in [5, 5.41) is 0. The largest absolute Gasteiger partial charge is 0.497 e. The zero-order valence-corrected chi connectivity index (χ0v) is 12.3. The van der Waals surface area contributed by atoms with E-state index in [2.05, 4.69) is 4.72 Å². The van der Waals surface area contributed by atoms with Crippen LogP contribution in [-0.4, -0.2) is 21.8 Å². The number of anilines is 1. The Balaban J connectivity index is 2.40. The molecule has 0 aliphatic rings. The molecule has 0 unspecified atom stereocenters. The Kier molecular flexibility index (Phi) is 4.32. The number of methoxy groups -OCH3 is 1. The van der Waals surface area contributed by atoms with Gasteiger partial charge in [0, 0.05) is 6.07 Å². The van der Waals surface area contributed by atoms with Gasteiger partial charge in [-0.2, -0.15) is 0 Å². The molecule has 5 nitrogen and oxygen atoms in total. The van der Waals surface area contributed by atoms with E-state index in [0.717, 1.165) is 6.26 Å². The van der Waals surface area contributed by atoms with Crippen LogP contribution in [0.4, 0.5) is 10.1 Å². The lowest BCUT2D eigenvalue weighted by Gasteiger charge is -2.13. The first-order chi connectivity index (χ1) is 9.89. The van der Waals surface area contributed by atoms with E-state index < -0.39 is 15.8 Å². The molecular weight excluding hydrogens is 297 g/mol. The number of nitrogens with one attached hydrogen (secondary N) is 1. The predicted molar refractivity (Wildman–Crippen MR) is 77.9 cm³/mol. The number of hydrogen-bond acceptors (Lipinski definition) is 4. The third-order valence-corrected chi connectivity index (χ3v) is 3.13. The van der Waals surface area contributed by atoms with Crippen molar-refractivity contribution in [2.45, 2.75) is 0 Å². The molecule has 0 aliphatic heterocycles. The van der Waals surface area contributed by atoms with Crippen molar-refractivity contribution in [3.05, 3.63) is 48.3 Å². The minimum atomic E-state index is -3.51. The lowest BCUT2D eigenvalue weighted by molar-refractivity contribution is 0.412. The van der Waals surface area contributed by atoms with E-state index in [1.54, 1.807) is 12.1 Å². The van der Waals surface area contributed by atoms with Crippen LogP contribution in [0.25, 0.3) is 0 Å². The molecule has 0 aliphatic carbocycles. The summed E-state index contributed by atoms with van der Waals surface area (Å²) in [6, 6.07) is 10.4. The van der Waals surface area contributed by atoms with Gasteiger partial charge in [-0.15, -0.1) is 0 Å². The number of sulfonamides is 1. The van der Waals surface area contributed by atoms with Gasteiger partial charge >= 0.3 is 0 Å². The summed E-state index contributed by atoms with van der Waals surface area (Å²) in [6.07, 6.45) is 1.01. The Morgan fingerprint density at radius 2 is 1.81 bits per heavy atom. The third-order valence-electron chi connectivity index (χ3n) is 2.54. The molecule has 21 heavy (non-hydrogen) atoms. The fraction of sp³-hybridized carbons (Fsp3) is 0.143. The van der Waals surface area contributed by atoms with E-state index in [-0.39, 0.29) is 17.2 Å². The van der Waals surface area contributed by atoms with E-state index in [9.17, 15) is 12.8 Å². The van der Waals surface area contributed by atoms with Crippen LogP contribution < -0.4 is 14.2 Å². The van der Waals surface area contributed by atoms with Gasteiger partial charge in [0.15, 0.2) is 17.3 Å². The van der Waals surface area contributed by atoms with Crippen LogP contribution in [0.3, 0.4) is 0 Å². The monoisotopic (exact) mass is 311 g/mol. The zero-order valence-electron chi connectivity index (χ0n) is 11.5. The normalized spacial score (nSPS) is 11.0. The number of benzene rings is 2. The van der Waals surface area contributed by atoms with Crippen LogP contribution in [0.15, 0.2) is 42.5 Å². The van der Waals surface area contributed by atoms with Crippen molar-refractivity contribution in [1.82, 2.24) is 0 Å². The van der Waals surface area contributed by atoms with Crippen LogP contribution in [-0.2, 0) is 10.0 Å². The molecule has 1 N–H and O–H groups in total. The first-order valence-corrected chi connectivity index (χ1v) is 7.86. The second kappa shape index (κ2) is 6.01. The Morgan fingerprint density at radius 1 is 1.10 bits per heavy atom. The quantitative estimate of drug-likeness (QED) is 0.922. The van der Waals surface area contributed by atoms with Gasteiger partial charge in [-0.1, -0.05) is 12.1 Å². The summed E-state index contributed by atoms with van der Waals surface area (Å²) in [7, 11) is -2.05. The average Bonchev–Trinajstić information content (AvgIpc) is 2.41. The van der Waals surface area contributed by atoms with Gasteiger partial charge in [-0.25, -0.2) is 12.8 Å². The molecular formula is C14H14FNO4S. The lowest BCUT2D eigenvalue weighted by atomic mass is 10.2. The Bertz CT molecular complexity index is 746. The van der Waals surface area contributed by atoms with Crippen molar-refractivity contribution in [2.24, 2.45) is 0 Å². The minimum absolute atomic E-state index is 0.000724. The first-order valence-electron chi connectivity index (χ1n) is 5.97. The molecule has 0 amide bonds. The second-order valence-electron chi connectivity index (χ2n) is 4.27. The molecule has 112 valence electrons. The highest BCUT2D eigenvalue weighted by molar-refractivity contribution is 7.92. The van der Waals surface area contributed by atoms with Crippen LogP contribution in [0.1, 0.15) is 0 Å². The number of hydrogen-bond donors (Lipinski definition) is 1. The summed E-state index contributed by atoms with van der Waals surface area (Å²) >= 11 is 0. The van der Waals surface area contributed by atoms with Crippen molar-refractivity contribution in [2.75, 3.05) is 18.1 Å². The van der Waals surface area contributed by atoms with Gasteiger partial charge in [0.1, 0.15) is 5.75 Å². The summed E-state index contributed by atoms with van der Waals surface area (Å²) in [5.74, 6) is 0.0752. The highest BCUT2D eigenvalue weighted by Gasteiger charge is 2.12. The van der Waals surface area contributed by atoms with Crippen molar-refractivity contribution < 1.29 is 22.3 Å². The molecule has 0 saturated carbocycles. The van der Waals surface area contributed by atoms with Gasteiger partial charge in [0.05, 0.1) is 19.1 Å². The molecule has 2 aromatic carbocycles. The first kappa shape index (κ1) is 15.1. The number of ether oxygens (including phenoxy) is 2. The van der Waals surface area contributed by atoms with Gasteiger partial charge in [-0.05, 0) is 24.3 Å². The summed E-state index contributed by atoms with van der Waals surface area (Å²) in [4.78, 5) is 0. The molecule has 0 radical (unpaired) electrons. The summed E-state index contributed by atoms with van der Waals surface area (Å²) in [5.41, 5.74) is 0.167. The van der Waals surface area contributed by atoms with Crippen molar-refractivity contribution in [1.29, 1.82) is 0 Å². The molecule has 0 heterocycles. The number of halogens is 1. The van der Waals surface area contributed by atoms with E-state index in [1.807, 2.05) is 0 Å². The summed E-state index contributed by atoms with van der Waals surface area (Å²) in [6.45, 7) is 0. The smallest absolute Gasteiger partial charge is 0.229 e. The molecule has 7 heteroatoms. The van der Waals surface area contributed by atoms with E-state index >= 15 is 0 Å². The maximum atomic E-state index is 13.6. The molecule has 2 rings (SSSR count). The topological polar surface area (TPSA) is 64.6 Å². The maximum absolute atomic E-state index is 13.6. The average molecular weight is 311 g/mol. The number of para-hydroxylation sites is 1. The van der Waals surface area contributed by atoms with Gasteiger partial charge in [0.25, 0.3) is 0 Å². The van der Waals surface area contributed by atoms with E-state index in [0.29, 0.717) is 5.75 Å². The molecule has 2 aromatic rings. The Hall–Kier alpha value is -2.28. The van der Waals surface area contributed by atoms with Crippen LogP contribution >= 0.6 is 0 Å². The third kappa shape index (κ3) is 4.09. The molecule has 0 aromatic heterocycles. The Morgan fingerprint density at radius 3 is 2.43 bits per heavy atom. The lowest BCUT2D eigenvalue weighted by Crippen LogP contribution is -2.10. The fourth-order valence-electron chi connectivity index (χ4n) is 1.65. The molecule has 0 fully saturated rings. The SMILES string of the molecule is COc1ccc(Oc2ccccc2F)c(NS(C)(=O)=O)c1. The molecule has 0 bridgehead atoms. The van der Waals surface area contributed by atoms with Crippen LogP contribution in [0, 0.1) is 5.82 Å². The van der Waals surface area contributed by atoms with Crippen molar-refractivity contribution in [3.63, 3.8) is 0 Å². The standard InChI is InChI=1S/C14H14FNO4S/c1-19-10-7-8-14(12(9-10)16-21(2,17)18)20-13-6-4-3-5-11(13)15/h3-9,16H,1-2H3. The maximum Gasteiger partial charge on any atom is 0.229 e. The fourth-order valence-corrected chi connectivity index (χ4v) is 2.21. The van der Waals surface area contributed by atoms with E-state index in [1.165, 1.54) is 37.4 Å². The summed E-state index contributed by atoms with van der Waals surface area (Å²) < 4.78 is 49.2. The van der Waals surface area contributed by atoms with Crippen molar-refractivity contribution in [3.8, 4) is 17.2 Å². The minimum Gasteiger partial charge on any atom is -0.497 e. The van der Waals surface area contributed by atoms with Crippen LogP contribution in [0.2, 0.25) is 0 Å². The molecule has 0 saturated heterocycles. The second-order valence-corrected chi connectivity index (χ2v) is 6.02. The highest BCUT2D eigenvalue weighted by atomic mass is 32.2. The van der Waals surface area contributed by atoms with Crippen LogP contribution in [0.5, 0.6) is 17.2 Å². The van der Waals surface area contributed by atoms with Gasteiger partial charge in [-0.3, -0.25) is 4.72 Å². The van der Waals surface area contributed by atoms with Crippen molar-refractivity contribution >= 4 is 15.7 Å². The zero-order chi connectivity index (χ0) is 15.5. The van der Waals surface area contributed by atoms with Gasteiger partial charge < -0.3 is 9.47 Å². The highest BCUT2D eigenvalue weighted by Crippen LogP contribution is 2.34. The molecule has 0 spiro atoms. The van der Waals surface area contributed by atoms with E-state index in [4.69, 9.17) is 9.47 Å². The Labute approximate surface area is 122 Å².